The fraction of sp³-hybridized carbons (Fsp3) is 0.538. The Kier molecular flexibility index (Phi) is 3.84. The number of nitrogens with zero attached hydrogens (tertiary/aromatic N) is 2. The van der Waals surface area contributed by atoms with Gasteiger partial charge in [0.05, 0.1) is 17.4 Å². The van der Waals surface area contributed by atoms with E-state index < -0.39 is 5.54 Å². The molecule has 0 amide bonds. The molecule has 1 atom stereocenters. The molecule has 2 rings (SSSR count). The third-order valence-corrected chi connectivity index (χ3v) is 5.36. The Bertz CT molecular complexity index is 533. The van der Waals surface area contributed by atoms with Crippen LogP contribution < -0.4 is 10.5 Å². The first-order valence-corrected chi connectivity index (χ1v) is 7.76. The number of thioether (sulfide) groups is 1. The SMILES string of the molecule is COc1ncc(Br)cc1[C@]1(C)CSC(C)(C)C(N)=N1. The molecule has 0 fully saturated rings. The van der Waals surface area contributed by atoms with E-state index in [9.17, 15) is 0 Å². The minimum atomic E-state index is -0.410. The second-order valence-electron chi connectivity index (χ2n) is 5.28. The summed E-state index contributed by atoms with van der Waals surface area (Å²) in [4.78, 5) is 9.01. The number of nitrogens with two attached hydrogens (primary N) is 1. The van der Waals surface area contributed by atoms with E-state index in [-0.39, 0.29) is 4.75 Å². The molecule has 2 N–H and O–H groups in total. The fourth-order valence-corrected chi connectivity index (χ4v) is 3.33. The molecular formula is C13H18BrN3OS. The molecule has 2 heterocycles. The van der Waals surface area contributed by atoms with Crippen molar-refractivity contribution in [2.45, 2.75) is 31.1 Å². The molecule has 1 aliphatic rings. The average molecular weight is 344 g/mol. The molecular weight excluding hydrogens is 326 g/mol. The second-order valence-corrected chi connectivity index (χ2v) is 7.79. The van der Waals surface area contributed by atoms with Crippen molar-refractivity contribution in [2.24, 2.45) is 10.7 Å². The van der Waals surface area contributed by atoms with Gasteiger partial charge in [-0.25, -0.2) is 4.98 Å². The van der Waals surface area contributed by atoms with Crippen molar-refractivity contribution in [3.05, 3.63) is 22.3 Å². The van der Waals surface area contributed by atoms with Gasteiger partial charge in [0.2, 0.25) is 5.88 Å². The molecule has 0 unspecified atom stereocenters. The lowest BCUT2D eigenvalue weighted by atomic mass is 9.94. The highest BCUT2D eigenvalue weighted by Gasteiger charge is 2.39. The Morgan fingerprint density at radius 3 is 2.68 bits per heavy atom. The number of pyridine rings is 1. The average Bonchev–Trinajstić information content (AvgIpc) is 2.35. The normalized spacial score (nSPS) is 25.8. The molecule has 0 saturated heterocycles. The zero-order chi connectivity index (χ0) is 14.3. The van der Waals surface area contributed by atoms with Crippen LogP contribution in [0, 0.1) is 0 Å². The Morgan fingerprint density at radius 2 is 2.11 bits per heavy atom. The van der Waals surface area contributed by atoms with Gasteiger partial charge in [0.25, 0.3) is 0 Å². The molecule has 1 aromatic rings. The van der Waals surface area contributed by atoms with Crippen molar-refractivity contribution in [2.75, 3.05) is 12.9 Å². The van der Waals surface area contributed by atoms with Gasteiger partial charge >= 0.3 is 0 Å². The van der Waals surface area contributed by atoms with Gasteiger partial charge < -0.3 is 10.5 Å². The lowest BCUT2D eigenvalue weighted by Crippen LogP contribution is -2.44. The van der Waals surface area contributed by atoms with E-state index in [0.717, 1.165) is 15.8 Å². The van der Waals surface area contributed by atoms with E-state index in [4.69, 9.17) is 15.5 Å². The van der Waals surface area contributed by atoms with Gasteiger partial charge in [-0.2, -0.15) is 0 Å². The molecule has 0 aromatic carbocycles. The van der Waals surface area contributed by atoms with Crippen LogP contribution >= 0.6 is 27.7 Å². The van der Waals surface area contributed by atoms with Crippen LogP contribution in [0.25, 0.3) is 0 Å². The summed E-state index contributed by atoms with van der Waals surface area (Å²) in [5.41, 5.74) is 6.65. The molecule has 19 heavy (non-hydrogen) atoms. The van der Waals surface area contributed by atoms with Gasteiger partial charge in [0.15, 0.2) is 0 Å². The summed E-state index contributed by atoms with van der Waals surface area (Å²) in [5.74, 6) is 2.10. The Morgan fingerprint density at radius 1 is 1.42 bits per heavy atom. The van der Waals surface area contributed by atoms with E-state index in [1.807, 2.05) is 6.07 Å². The standard InChI is InChI=1S/C13H18BrN3OS/c1-12(2)11(15)17-13(3,7-19-12)9-5-8(14)6-16-10(9)18-4/h5-6H,7H2,1-4H3,(H2,15,17)/t13-/m0/s1. The van der Waals surface area contributed by atoms with Crippen molar-refractivity contribution in [3.63, 3.8) is 0 Å². The Balaban J connectivity index is 2.52. The van der Waals surface area contributed by atoms with Gasteiger partial charge in [-0.3, -0.25) is 4.99 Å². The van der Waals surface area contributed by atoms with Crippen LogP contribution in [-0.4, -0.2) is 28.4 Å². The van der Waals surface area contributed by atoms with Crippen molar-refractivity contribution >= 4 is 33.5 Å². The molecule has 0 spiro atoms. The molecule has 104 valence electrons. The summed E-state index contributed by atoms with van der Waals surface area (Å²) in [6.45, 7) is 6.24. The molecule has 4 nitrogen and oxygen atoms in total. The van der Waals surface area contributed by atoms with E-state index in [2.05, 4.69) is 41.7 Å². The highest BCUT2D eigenvalue weighted by Crippen LogP contribution is 2.43. The topological polar surface area (TPSA) is 60.5 Å². The summed E-state index contributed by atoms with van der Waals surface area (Å²) in [6.07, 6.45) is 1.72. The molecule has 1 aromatic heterocycles. The third kappa shape index (κ3) is 2.74. The minimum absolute atomic E-state index is 0.119. The number of amidine groups is 1. The maximum atomic E-state index is 6.11. The van der Waals surface area contributed by atoms with Crippen molar-refractivity contribution in [1.29, 1.82) is 0 Å². The van der Waals surface area contributed by atoms with Gasteiger partial charge in [-0.05, 0) is 42.8 Å². The second kappa shape index (κ2) is 4.98. The van der Waals surface area contributed by atoms with Crippen LogP contribution in [0.4, 0.5) is 0 Å². The quantitative estimate of drug-likeness (QED) is 0.896. The lowest BCUT2D eigenvalue weighted by Gasteiger charge is -2.37. The molecule has 6 heteroatoms. The van der Waals surface area contributed by atoms with Crippen LogP contribution in [0.15, 0.2) is 21.7 Å². The van der Waals surface area contributed by atoms with Crippen LogP contribution in [0.5, 0.6) is 5.88 Å². The van der Waals surface area contributed by atoms with Crippen molar-refractivity contribution in [3.8, 4) is 5.88 Å². The first-order valence-electron chi connectivity index (χ1n) is 5.98. The van der Waals surface area contributed by atoms with Crippen molar-refractivity contribution < 1.29 is 4.74 Å². The molecule has 0 radical (unpaired) electrons. The number of rotatable bonds is 2. The lowest BCUT2D eigenvalue weighted by molar-refractivity contribution is 0.378. The summed E-state index contributed by atoms with van der Waals surface area (Å²) in [5, 5.41) is 0. The zero-order valence-electron chi connectivity index (χ0n) is 11.5. The number of hydrogen-bond donors (Lipinski definition) is 1. The summed E-state index contributed by atoms with van der Waals surface area (Å²) >= 11 is 5.25. The molecule has 1 aliphatic heterocycles. The monoisotopic (exact) mass is 343 g/mol. The van der Waals surface area contributed by atoms with Crippen LogP contribution in [0.2, 0.25) is 0 Å². The smallest absolute Gasteiger partial charge is 0.218 e. The molecule has 0 aliphatic carbocycles. The summed E-state index contributed by atoms with van der Waals surface area (Å²) in [6, 6.07) is 2.00. The van der Waals surface area contributed by atoms with Crippen LogP contribution in [0.1, 0.15) is 26.3 Å². The largest absolute Gasteiger partial charge is 0.481 e. The van der Waals surface area contributed by atoms with E-state index in [0.29, 0.717) is 11.7 Å². The maximum Gasteiger partial charge on any atom is 0.218 e. The van der Waals surface area contributed by atoms with Crippen molar-refractivity contribution in [1.82, 2.24) is 4.98 Å². The molecule has 0 bridgehead atoms. The number of ether oxygens (including phenoxy) is 1. The highest BCUT2D eigenvalue weighted by atomic mass is 79.9. The third-order valence-electron chi connectivity index (χ3n) is 3.29. The van der Waals surface area contributed by atoms with Gasteiger partial charge in [-0.15, -0.1) is 11.8 Å². The molecule has 0 saturated carbocycles. The highest BCUT2D eigenvalue weighted by molar-refractivity contribution is 9.10. The van der Waals surface area contributed by atoms with E-state index >= 15 is 0 Å². The van der Waals surface area contributed by atoms with Gasteiger partial charge in [-0.1, -0.05) is 0 Å². The first-order chi connectivity index (χ1) is 8.78. The maximum absolute atomic E-state index is 6.11. The summed E-state index contributed by atoms with van der Waals surface area (Å²) in [7, 11) is 1.62. The predicted octanol–water partition coefficient (Wildman–Crippen LogP) is 2.95. The van der Waals surface area contributed by atoms with Gasteiger partial charge in [0, 0.05) is 22.0 Å². The Labute approximate surface area is 126 Å². The number of aliphatic imine (C=N–C) groups is 1. The zero-order valence-corrected chi connectivity index (χ0v) is 13.9. The first kappa shape index (κ1) is 14.7. The number of hydrogen-bond acceptors (Lipinski definition) is 5. The predicted molar refractivity (Wildman–Crippen MR) is 84.0 cm³/mol. The number of halogens is 1. The Hall–Kier alpha value is -0.750. The number of aromatic nitrogens is 1. The van der Waals surface area contributed by atoms with Crippen LogP contribution in [-0.2, 0) is 5.54 Å². The number of methoxy groups -OCH3 is 1. The summed E-state index contributed by atoms with van der Waals surface area (Å²) < 4.78 is 6.15. The van der Waals surface area contributed by atoms with Crippen LogP contribution in [0.3, 0.4) is 0 Å². The minimum Gasteiger partial charge on any atom is -0.481 e. The van der Waals surface area contributed by atoms with Gasteiger partial charge in [0.1, 0.15) is 5.84 Å². The van der Waals surface area contributed by atoms with E-state index in [1.54, 1.807) is 25.1 Å². The van der Waals surface area contributed by atoms with E-state index in [1.165, 1.54) is 0 Å². The fourth-order valence-electron chi connectivity index (χ4n) is 1.94.